The molecule has 0 aliphatic heterocycles. The summed E-state index contributed by atoms with van der Waals surface area (Å²) in [5, 5.41) is 0. The highest BCUT2D eigenvalue weighted by Gasteiger charge is 2.19. The first-order valence-corrected chi connectivity index (χ1v) is 30.2. The summed E-state index contributed by atoms with van der Waals surface area (Å²) in [5.41, 5.74) is 21.8. The van der Waals surface area contributed by atoms with Crippen molar-refractivity contribution in [1.82, 2.24) is 34.9 Å². The predicted molar refractivity (Wildman–Crippen MR) is 364 cm³/mol. The van der Waals surface area contributed by atoms with Gasteiger partial charge in [-0.2, -0.15) is 0 Å². The average Bonchev–Trinajstić information content (AvgIpc) is 0.822. The Morgan fingerprint density at radius 2 is 0.767 bits per heavy atom. The fraction of sp³-hybridized carbons (Fsp3) is 0.228. The van der Waals surface area contributed by atoms with Crippen molar-refractivity contribution in [2.24, 2.45) is 34.1 Å². The molecule has 452 valence electrons. The van der Waals surface area contributed by atoms with Crippen LogP contribution in [-0.2, 0) is 41.0 Å². The van der Waals surface area contributed by atoms with E-state index in [2.05, 4.69) is 213 Å². The van der Waals surface area contributed by atoms with Crippen LogP contribution in [0.4, 0.5) is 0 Å². The number of nitrogens with zero attached hydrogens (tertiary/aromatic N) is 11. The maximum atomic E-state index is 8.30. The Morgan fingerprint density at radius 1 is 0.400 bits per heavy atom. The topological polar surface area (TPSA) is 106 Å². The van der Waals surface area contributed by atoms with Gasteiger partial charge in [-0.05, 0) is 148 Å². The van der Waals surface area contributed by atoms with E-state index >= 15 is 0 Å². The number of benzene rings is 4. The third-order valence-corrected chi connectivity index (χ3v) is 15.3. The lowest BCUT2D eigenvalue weighted by Gasteiger charge is -2.08. The van der Waals surface area contributed by atoms with Crippen molar-refractivity contribution < 1.29 is 27.9 Å². The molecule has 90 heavy (non-hydrogen) atoms. The van der Waals surface area contributed by atoms with Gasteiger partial charge in [-0.1, -0.05) is 113 Å². The van der Waals surface area contributed by atoms with Crippen LogP contribution in [0.2, 0.25) is 0 Å². The van der Waals surface area contributed by atoms with Gasteiger partial charge in [0.15, 0.2) is 24.8 Å². The van der Waals surface area contributed by atoms with Crippen LogP contribution in [-0.4, -0.2) is 34.9 Å². The molecule has 11 heteroatoms. The van der Waals surface area contributed by atoms with Gasteiger partial charge >= 0.3 is 0 Å². The highest BCUT2D eigenvalue weighted by molar-refractivity contribution is 5.68. The Balaban J connectivity index is 0.000000152. The Hall–Kier alpha value is -10.1. The van der Waals surface area contributed by atoms with Crippen molar-refractivity contribution in [1.29, 1.82) is 0 Å². The summed E-state index contributed by atoms with van der Waals surface area (Å²) in [6.45, 7) is 14.4. The molecule has 8 heterocycles. The van der Waals surface area contributed by atoms with Gasteiger partial charge < -0.3 is 0 Å². The zero-order valence-electron chi connectivity index (χ0n) is 61.0. The molecular formula is C79H85N11+4. The predicted octanol–water partition coefficient (Wildman–Crippen LogP) is 15.6. The lowest BCUT2D eigenvalue weighted by molar-refractivity contribution is -0.660. The van der Waals surface area contributed by atoms with Crippen LogP contribution in [0.5, 0.6) is 0 Å². The maximum absolute atomic E-state index is 8.30. The first-order valence-electron chi connectivity index (χ1n) is 33.7. The van der Waals surface area contributed by atoms with Crippen LogP contribution >= 0.6 is 0 Å². The van der Waals surface area contributed by atoms with Gasteiger partial charge in [0.05, 0.1) is 45.0 Å². The smallest absolute Gasteiger partial charge is 0.212 e. The van der Waals surface area contributed by atoms with E-state index in [0.717, 1.165) is 68.7 Å². The van der Waals surface area contributed by atoms with E-state index in [1.807, 2.05) is 105 Å². The lowest BCUT2D eigenvalue weighted by atomic mass is 10.0. The molecule has 0 bridgehead atoms. The minimum Gasteiger partial charge on any atom is -0.253 e. The number of rotatable bonds is 12. The summed E-state index contributed by atoms with van der Waals surface area (Å²) in [5.74, 6) is -1.49. The van der Waals surface area contributed by atoms with E-state index in [1.54, 1.807) is 38.2 Å². The maximum Gasteiger partial charge on any atom is 0.212 e. The third kappa shape index (κ3) is 16.3. The van der Waals surface area contributed by atoms with Gasteiger partial charge in [-0.15, -0.1) is 0 Å². The molecule has 0 saturated carbocycles. The number of hydrogen-bond acceptors (Lipinski definition) is 7. The van der Waals surface area contributed by atoms with E-state index in [-0.39, 0.29) is 11.5 Å². The molecule has 0 spiro atoms. The van der Waals surface area contributed by atoms with Crippen molar-refractivity contribution in [2.45, 2.75) is 87.9 Å². The summed E-state index contributed by atoms with van der Waals surface area (Å²) in [7, 11) is 8.11. The second kappa shape index (κ2) is 30.2. The van der Waals surface area contributed by atoms with E-state index in [9.17, 15) is 0 Å². The molecule has 12 rings (SSSR count). The Kier molecular flexibility index (Phi) is 18.5. The molecule has 1 unspecified atom stereocenters. The minimum absolute atomic E-state index is 0.00867. The van der Waals surface area contributed by atoms with Gasteiger partial charge in [-0.25, -0.2) is 48.2 Å². The summed E-state index contributed by atoms with van der Waals surface area (Å²) in [4.78, 5) is 30.4. The first kappa shape index (κ1) is 55.2. The first-order chi connectivity index (χ1) is 46.1. The van der Waals surface area contributed by atoms with Gasteiger partial charge in [-0.3, -0.25) is 4.98 Å². The van der Waals surface area contributed by atoms with Crippen molar-refractivity contribution in [3.05, 3.63) is 271 Å². The van der Waals surface area contributed by atoms with Crippen molar-refractivity contribution >= 4 is 0 Å². The molecule has 8 aromatic heterocycles. The molecule has 1 atom stereocenters. The highest BCUT2D eigenvalue weighted by Crippen LogP contribution is 2.28. The van der Waals surface area contributed by atoms with E-state index in [4.69, 9.17) is 9.60 Å². The molecule has 0 N–H and O–H groups in total. The van der Waals surface area contributed by atoms with Gasteiger partial charge in [0, 0.05) is 92.7 Å². The molecule has 0 fully saturated rings. The summed E-state index contributed by atoms with van der Waals surface area (Å²) < 4.78 is 64.1. The normalized spacial score (nSPS) is 13.1. The van der Waals surface area contributed by atoms with Crippen molar-refractivity contribution in [2.75, 3.05) is 0 Å². The van der Waals surface area contributed by atoms with Crippen LogP contribution in [0.1, 0.15) is 95.5 Å². The van der Waals surface area contributed by atoms with Gasteiger partial charge in [0.2, 0.25) is 22.8 Å². The highest BCUT2D eigenvalue weighted by atomic mass is 15.0. The van der Waals surface area contributed by atoms with E-state index in [0.29, 0.717) is 11.4 Å². The zero-order chi connectivity index (χ0) is 70.0. The fourth-order valence-electron chi connectivity index (χ4n) is 10.6. The van der Waals surface area contributed by atoms with E-state index < -0.39 is 25.0 Å². The lowest BCUT2D eigenvalue weighted by Crippen LogP contribution is -2.31. The Morgan fingerprint density at radius 3 is 1.13 bits per heavy atom. The molecular weight excluding hydrogens is 1100 g/mol. The second-order valence-corrected chi connectivity index (χ2v) is 22.5. The van der Waals surface area contributed by atoms with E-state index in [1.165, 1.54) is 63.5 Å². The summed E-state index contributed by atoms with van der Waals surface area (Å²) in [6, 6.07) is 60.9. The van der Waals surface area contributed by atoms with Crippen LogP contribution in [0, 0.1) is 40.5 Å². The third-order valence-electron chi connectivity index (χ3n) is 15.3. The Bertz CT molecular complexity index is 4600. The number of aryl methyl sites for hydroxylation is 10. The largest absolute Gasteiger partial charge is 0.253 e. The van der Waals surface area contributed by atoms with Crippen LogP contribution in [0.3, 0.4) is 0 Å². The Labute approximate surface area is 543 Å². The van der Waals surface area contributed by atoms with Crippen molar-refractivity contribution in [3.63, 3.8) is 0 Å². The molecule has 0 aliphatic carbocycles. The van der Waals surface area contributed by atoms with Crippen molar-refractivity contribution in [3.8, 4) is 90.1 Å². The quantitative estimate of drug-likeness (QED) is 0.112. The standard InChI is InChI=1S/C22H25N2.C20H22N3.C19H20N3.C18H18N3/c1-16(2)14-19-9-7-11-21(23-19)18-12-13-22(24(4)15-18)20-10-6-5-8-17(20)3;1-14(2)20-21-12-11-18(22-20)16-9-10-19(23(4)13-16)17-8-6-5-7-15(17)3;1-4-19-20-12-11-17(21-19)15-9-10-18(22(3)13-15)16-8-6-5-7-14(16)2;1-13-6-4-5-7-16(13)18-9-8-15(12-21(18)3)17-10-11-19-14(2)20-17/h5-13,15-16H,14H2,1-4H3;5-14H,1-4H3;5-13H,4H2,1-3H3;4-12H,1-3H3/q4*+1/i14D2,16D;1D3,14D;;. The SMILES string of the molecule is CCc1nccc(-c2ccc(-c3ccccc3C)[n+](C)c2)n1.Cc1nccc(-c2ccc(-c3ccccc3C)[n+](C)c2)n1.[2H]C(C)(C)C([2H])([2H])c1cccc(-c2ccc(-c3ccccc3C)[n+](C)c2)n1.[2H]C([2H])([2H])C([2H])(C)c1nccc(-c2ccc(-c3ccccc3C)[n+](C)c2)n1. The van der Waals surface area contributed by atoms with Crippen LogP contribution < -0.4 is 18.3 Å². The fourth-order valence-corrected chi connectivity index (χ4v) is 10.6. The molecule has 11 nitrogen and oxygen atoms in total. The molecule has 0 amide bonds. The second-order valence-electron chi connectivity index (χ2n) is 22.5. The molecule has 12 aromatic rings. The van der Waals surface area contributed by atoms with Gasteiger partial charge in [0.1, 0.15) is 45.7 Å². The molecule has 4 aromatic carbocycles. The summed E-state index contributed by atoms with van der Waals surface area (Å²) in [6.07, 6.45) is 12.3. The molecule has 0 saturated heterocycles. The van der Waals surface area contributed by atoms with Gasteiger partial charge in [0.25, 0.3) is 0 Å². The van der Waals surface area contributed by atoms with Crippen LogP contribution in [0.25, 0.3) is 90.1 Å². The molecule has 0 aliphatic rings. The molecule has 0 radical (unpaired) electrons. The number of pyridine rings is 5. The number of aromatic nitrogens is 11. The van der Waals surface area contributed by atoms with Crippen LogP contribution in [0.15, 0.2) is 225 Å². The monoisotopic (exact) mass is 1190 g/mol. The summed E-state index contributed by atoms with van der Waals surface area (Å²) >= 11 is 0. The number of hydrogen-bond donors (Lipinski definition) is 0. The minimum atomic E-state index is -2.51. The average molecular weight is 1200 g/mol. The zero-order valence-corrected chi connectivity index (χ0v) is 54.0.